The third kappa shape index (κ3) is 4.84. The maximum Gasteiger partial charge on any atom is 0.191 e. The molecule has 0 aliphatic rings. The van der Waals surface area contributed by atoms with Crippen molar-refractivity contribution in [3.05, 3.63) is 71.3 Å². The van der Waals surface area contributed by atoms with E-state index in [1.165, 1.54) is 18.2 Å². The lowest BCUT2D eigenvalue weighted by Gasteiger charge is -2.12. The van der Waals surface area contributed by atoms with Gasteiger partial charge in [-0.25, -0.2) is 8.78 Å². The molecule has 0 bridgehead atoms. The van der Waals surface area contributed by atoms with Crippen molar-refractivity contribution in [2.45, 2.75) is 13.0 Å². The molecule has 3 nitrogen and oxygen atoms in total. The Morgan fingerprint density at radius 1 is 1.05 bits per heavy atom. The number of benzene rings is 2. The summed E-state index contributed by atoms with van der Waals surface area (Å²) in [5, 5.41) is 6.17. The number of nitrogens with one attached hydrogen (secondary N) is 2. The third-order valence-corrected chi connectivity index (χ3v) is 3.22. The highest BCUT2D eigenvalue weighted by molar-refractivity contribution is 5.79. The summed E-state index contributed by atoms with van der Waals surface area (Å²) in [6.45, 7) is 0.965. The van der Waals surface area contributed by atoms with Crippen molar-refractivity contribution in [1.29, 1.82) is 0 Å². The Kier molecular flexibility index (Phi) is 5.89. The quantitative estimate of drug-likeness (QED) is 0.658. The molecule has 0 atom stereocenters. The van der Waals surface area contributed by atoms with Gasteiger partial charge >= 0.3 is 0 Å². The minimum atomic E-state index is -0.245. The van der Waals surface area contributed by atoms with Crippen molar-refractivity contribution in [1.82, 2.24) is 10.6 Å². The number of aliphatic imine (C=N–C) groups is 1. The Morgan fingerprint density at radius 3 is 2.59 bits per heavy atom. The first-order chi connectivity index (χ1) is 10.7. The van der Waals surface area contributed by atoms with Crippen molar-refractivity contribution in [3.8, 4) is 0 Å². The van der Waals surface area contributed by atoms with Gasteiger partial charge in [0.25, 0.3) is 0 Å². The van der Waals surface area contributed by atoms with Crippen molar-refractivity contribution in [2.75, 3.05) is 13.6 Å². The smallest absolute Gasteiger partial charge is 0.191 e. The standard InChI is InChI=1S/C17H19F2N3/c1-20-17(22-12-14-6-2-3-8-16(14)19)21-10-9-13-5-4-7-15(18)11-13/h2-8,11H,9-10,12H2,1H3,(H2,20,21,22). The molecule has 2 rings (SSSR count). The van der Waals surface area contributed by atoms with E-state index in [9.17, 15) is 8.78 Å². The molecule has 116 valence electrons. The molecule has 5 heteroatoms. The van der Waals surface area contributed by atoms with E-state index in [1.807, 2.05) is 6.07 Å². The van der Waals surface area contributed by atoms with Gasteiger partial charge in [0.2, 0.25) is 0 Å². The average molecular weight is 303 g/mol. The minimum Gasteiger partial charge on any atom is -0.356 e. The molecule has 0 unspecified atom stereocenters. The van der Waals surface area contributed by atoms with E-state index in [2.05, 4.69) is 15.6 Å². The van der Waals surface area contributed by atoms with Gasteiger partial charge in [0.1, 0.15) is 11.6 Å². The van der Waals surface area contributed by atoms with Gasteiger partial charge in [0, 0.05) is 25.7 Å². The Hall–Kier alpha value is -2.43. The van der Waals surface area contributed by atoms with Crippen molar-refractivity contribution in [3.63, 3.8) is 0 Å². The van der Waals surface area contributed by atoms with E-state index in [0.29, 0.717) is 31.0 Å². The fraction of sp³-hybridized carbons (Fsp3) is 0.235. The fourth-order valence-corrected chi connectivity index (χ4v) is 2.06. The monoisotopic (exact) mass is 303 g/mol. The predicted molar refractivity (Wildman–Crippen MR) is 84.7 cm³/mol. The van der Waals surface area contributed by atoms with E-state index < -0.39 is 0 Å². The summed E-state index contributed by atoms with van der Waals surface area (Å²) in [6.07, 6.45) is 0.679. The van der Waals surface area contributed by atoms with Crippen LogP contribution >= 0.6 is 0 Å². The summed E-state index contributed by atoms with van der Waals surface area (Å²) < 4.78 is 26.6. The summed E-state index contributed by atoms with van der Waals surface area (Å²) in [5.41, 5.74) is 1.49. The molecule has 0 aromatic heterocycles. The highest BCUT2D eigenvalue weighted by atomic mass is 19.1. The highest BCUT2D eigenvalue weighted by Gasteiger charge is 2.02. The first-order valence-corrected chi connectivity index (χ1v) is 7.11. The normalized spacial score (nSPS) is 11.3. The summed E-state index contributed by atoms with van der Waals surface area (Å²) >= 11 is 0. The molecule has 2 aromatic carbocycles. The zero-order chi connectivity index (χ0) is 15.8. The topological polar surface area (TPSA) is 36.4 Å². The number of nitrogens with zero attached hydrogens (tertiary/aromatic N) is 1. The van der Waals surface area contributed by atoms with Crippen LogP contribution in [-0.4, -0.2) is 19.6 Å². The lowest BCUT2D eigenvalue weighted by molar-refractivity contribution is 0.604. The maximum atomic E-state index is 13.5. The van der Waals surface area contributed by atoms with Crippen LogP contribution in [0.1, 0.15) is 11.1 Å². The molecular formula is C17H19F2N3. The largest absolute Gasteiger partial charge is 0.356 e. The van der Waals surface area contributed by atoms with Gasteiger partial charge in [-0.3, -0.25) is 4.99 Å². The number of guanidine groups is 1. The molecule has 0 fully saturated rings. The van der Waals surface area contributed by atoms with E-state index >= 15 is 0 Å². The number of hydrogen-bond donors (Lipinski definition) is 2. The summed E-state index contributed by atoms with van der Waals surface area (Å²) in [5.74, 6) is 0.101. The summed E-state index contributed by atoms with van der Waals surface area (Å²) in [7, 11) is 1.65. The van der Waals surface area contributed by atoms with Crippen LogP contribution in [0, 0.1) is 11.6 Å². The van der Waals surface area contributed by atoms with E-state index in [0.717, 1.165) is 5.56 Å². The minimum absolute atomic E-state index is 0.237. The number of hydrogen-bond acceptors (Lipinski definition) is 1. The number of halogens is 2. The molecule has 0 heterocycles. The molecule has 0 radical (unpaired) electrons. The van der Waals surface area contributed by atoms with Gasteiger partial charge in [-0.05, 0) is 30.2 Å². The molecule has 0 saturated carbocycles. The van der Waals surface area contributed by atoms with Gasteiger partial charge < -0.3 is 10.6 Å². The summed E-state index contributed by atoms with van der Waals surface area (Å²) in [6, 6.07) is 13.1. The second-order valence-corrected chi connectivity index (χ2v) is 4.82. The van der Waals surface area contributed by atoms with E-state index in [4.69, 9.17) is 0 Å². The van der Waals surface area contributed by atoms with Crippen LogP contribution in [0.2, 0.25) is 0 Å². The number of rotatable bonds is 5. The first-order valence-electron chi connectivity index (χ1n) is 7.11. The third-order valence-electron chi connectivity index (χ3n) is 3.22. The molecular weight excluding hydrogens is 284 g/mol. The van der Waals surface area contributed by atoms with Crippen LogP contribution in [0.25, 0.3) is 0 Å². The van der Waals surface area contributed by atoms with E-state index in [1.54, 1.807) is 31.3 Å². The molecule has 2 aromatic rings. The van der Waals surface area contributed by atoms with Crippen LogP contribution in [0.5, 0.6) is 0 Å². The molecule has 0 saturated heterocycles. The second kappa shape index (κ2) is 8.12. The van der Waals surface area contributed by atoms with Crippen molar-refractivity contribution in [2.24, 2.45) is 4.99 Å². The SMILES string of the molecule is CN=C(NCCc1cccc(F)c1)NCc1ccccc1F. The lowest BCUT2D eigenvalue weighted by atomic mass is 10.1. The maximum absolute atomic E-state index is 13.5. The Bertz CT molecular complexity index is 641. The van der Waals surface area contributed by atoms with Gasteiger partial charge in [-0.2, -0.15) is 0 Å². The van der Waals surface area contributed by atoms with Gasteiger partial charge in [0.15, 0.2) is 5.96 Å². The zero-order valence-corrected chi connectivity index (χ0v) is 12.4. The van der Waals surface area contributed by atoms with Crippen LogP contribution < -0.4 is 10.6 Å². The molecule has 0 spiro atoms. The Balaban J connectivity index is 1.79. The van der Waals surface area contributed by atoms with Gasteiger partial charge in [-0.1, -0.05) is 30.3 Å². The Morgan fingerprint density at radius 2 is 1.86 bits per heavy atom. The van der Waals surface area contributed by atoms with Gasteiger partial charge in [0.05, 0.1) is 0 Å². The highest BCUT2D eigenvalue weighted by Crippen LogP contribution is 2.05. The first kappa shape index (κ1) is 15.9. The zero-order valence-electron chi connectivity index (χ0n) is 12.4. The molecule has 0 amide bonds. The molecule has 0 aliphatic heterocycles. The Labute approximate surface area is 129 Å². The predicted octanol–water partition coefficient (Wildman–Crippen LogP) is 2.87. The average Bonchev–Trinajstić information content (AvgIpc) is 2.52. The van der Waals surface area contributed by atoms with Crippen molar-refractivity contribution < 1.29 is 8.78 Å². The molecule has 2 N–H and O–H groups in total. The summed E-state index contributed by atoms with van der Waals surface area (Å²) in [4.78, 5) is 4.08. The van der Waals surface area contributed by atoms with Crippen LogP contribution in [-0.2, 0) is 13.0 Å². The van der Waals surface area contributed by atoms with Gasteiger partial charge in [-0.15, -0.1) is 0 Å². The second-order valence-electron chi connectivity index (χ2n) is 4.82. The lowest BCUT2D eigenvalue weighted by Crippen LogP contribution is -2.38. The van der Waals surface area contributed by atoms with Crippen LogP contribution in [0.3, 0.4) is 0 Å². The van der Waals surface area contributed by atoms with Crippen LogP contribution in [0.4, 0.5) is 8.78 Å². The van der Waals surface area contributed by atoms with Crippen molar-refractivity contribution >= 4 is 5.96 Å². The fourth-order valence-electron chi connectivity index (χ4n) is 2.06. The van der Waals surface area contributed by atoms with E-state index in [-0.39, 0.29) is 11.6 Å². The molecule has 22 heavy (non-hydrogen) atoms. The van der Waals surface area contributed by atoms with Crippen LogP contribution in [0.15, 0.2) is 53.5 Å². The molecule has 0 aliphatic carbocycles.